The van der Waals surface area contributed by atoms with Crippen LogP contribution in [0.3, 0.4) is 0 Å². The maximum atomic E-state index is 11.2. The second-order valence-electron chi connectivity index (χ2n) is 35.4. The van der Waals surface area contributed by atoms with E-state index in [-0.39, 0.29) is 43.1 Å². The number of carboxylic acid groups (broad SMARTS) is 4. The smallest absolute Gasteiger partial charge is 0.306 e. The normalized spacial score (nSPS) is 12.2. The summed E-state index contributed by atoms with van der Waals surface area (Å²) in [6.45, 7) is 9.30. The van der Waals surface area contributed by atoms with Gasteiger partial charge in [-0.05, 0) is 249 Å². The van der Waals surface area contributed by atoms with Gasteiger partial charge in [0.05, 0.1) is 26.4 Å². The zero-order chi connectivity index (χ0) is 101. The Morgan fingerprint density at radius 2 is 0.436 bits per heavy atom. The highest BCUT2D eigenvalue weighted by atomic mass is 16.5. The quantitative estimate of drug-likeness (QED) is 0.0120. The SMILES string of the molecule is CCOC(=O)CC/C=C/CCC1CCCCC1.CCOC(=O)CC/C=C/CCc1ccc(-c2ccccc2)cc1.CCOC(=O)CCCCCCc1ccccc1.CCOC(=O)CCCCCCc1ccccc1.O=C(O)CC/C=C/CCC1CCCCC1.O=C(O)CC/C=C/CCc1ccc(-c2ccccc2)cc1.O=C(O)CC/C=C/CCc1ccccc1.O=C(O)CCCCCCc1ccccc1. The first-order chi connectivity index (χ1) is 68.4. The topological polar surface area (TPSA) is 254 Å². The van der Waals surface area contributed by atoms with Crippen LogP contribution in [0.25, 0.3) is 22.3 Å². The molecule has 0 unspecified atom stereocenters. The molecule has 0 radical (unpaired) electrons. The van der Waals surface area contributed by atoms with Crippen LogP contribution in [0.15, 0.2) is 291 Å². The molecule has 4 N–H and O–H groups in total. The van der Waals surface area contributed by atoms with Crippen LogP contribution in [0.2, 0.25) is 0 Å². The van der Waals surface area contributed by atoms with E-state index in [0.717, 1.165) is 140 Å². The van der Waals surface area contributed by atoms with Crippen molar-refractivity contribution in [2.24, 2.45) is 11.8 Å². The predicted octanol–water partition coefficient (Wildman–Crippen LogP) is 31.7. The summed E-state index contributed by atoms with van der Waals surface area (Å²) in [5, 5.41) is 33.8. The van der Waals surface area contributed by atoms with Crippen molar-refractivity contribution in [3.8, 4) is 22.3 Å². The van der Waals surface area contributed by atoms with Crippen LogP contribution in [-0.4, -0.2) is 94.6 Å². The van der Waals surface area contributed by atoms with E-state index in [1.54, 1.807) is 0 Å². The van der Waals surface area contributed by atoms with Gasteiger partial charge in [-0.25, -0.2) is 0 Å². The number of rotatable bonds is 57. The van der Waals surface area contributed by atoms with Gasteiger partial charge in [0.25, 0.3) is 0 Å². The first kappa shape index (κ1) is 122. The molecule has 2 fully saturated rings. The second-order valence-corrected chi connectivity index (χ2v) is 35.4. The summed E-state index contributed by atoms with van der Waals surface area (Å²) in [4.78, 5) is 85.5. The number of carbonyl (C=O) groups is 8. The summed E-state index contributed by atoms with van der Waals surface area (Å²) in [5.74, 6) is -1.28. The highest BCUT2D eigenvalue weighted by molar-refractivity contribution is 5.71. The van der Waals surface area contributed by atoms with Gasteiger partial charge in [0.15, 0.2) is 0 Å². The lowest BCUT2D eigenvalue weighted by Gasteiger charge is -2.20. The standard InChI is InChI=1S/C21H24O2.C19H20O2.C15H26O2.2C15H22O2.C13H22O2.C13H18O2.C13H16O2/c1-2-23-21(22)13-9-4-3-6-10-18-14-16-20(17-15-18)19-11-7-5-8-12-19;20-19(21)11-7-2-1-4-8-16-12-14-18(15-13-16)17-9-5-3-6-10-17;3*1-2-17-15(16)13-9-4-3-6-10-14-11-7-5-8-12-14;3*14-13(15)11-7-2-1-4-8-12-9-5-3-6-10-12/h3-5,7-8,11-12,14-17H,2,6,9-10,13H2,1H3;1-3,5-6,9-10,12-15H,4,7-8,11H2,(H,20,21);3-4,14H,2,5-13H2,1H3;2*5,7-8,11-12H,2-4,6,9-10,13H2,1H3;1-2,12H,3-11H2,(H,14,15);3,5-6,9-10H,1-2,4,7-8,11H2,(H,14,15);1-3,5-6,9-10H,4,7-8,11H2,(H,14,15)/b4-3+;2-1+;4-3+;;;2-1+;;2-1+. The number of allylic oxidation sites excluding steroid dienone is 10. The summed E-state index contributed by atoms with van der Waals surface area (Å²) in [5.41, 5.74) is 13.1. The van der Waals surface area contributed by atoms with Crippen LogP contribution in [0.4, 0.5) is 0 Å². The van der Waals surface area contributed by atoms with Crippen molar-refractivity contribution in [2.45, 2.75) is 336 Å². The van der Waals surface area contributed by atoms with Crippen molar-refractivity contribution in [2.75, 3.05) is 26.4 Å². The van der Waals surface area contributed by atoms with Gasteiger partial charge in [-0.2, -0.15) is 0 Å². The van der Waals surface area contributed by atoms with E-state index in [2.05, 4.69) is 212 Å². The molecule has 2 aliphatic carbocycles. The minimum atomic E-state index is -0.740. The Bertz CT molecular complexity index is 4470. The molecule has 0 atom stereocenters. The molecule has 16 nitrogen and oxygen atoms in total. The molecule has 10 rings (SSSR count). The van der Waals surface area contributed by atoms with Crippen LogP contribution in [-0.2, 0) is 95.8 Å². The largest absolute Gasteiger partial charge is 0.481 e. The minimum Gasteiger partial charge on any atom is -0.481 e. The van der Waals surface area contributed by atoms with E-state index >= 15 is 0 Å². The number of aliphatic carboxylic acids is 4. The molecule has 8 aromatic rings. The van der Waals surface area contributed by atoms with E-state index in [1.165, 1.54) is 165 Å². The van der Waals surface area contributed by atoms with Gasteiger partial charge < -0.3 is 39.4 Å². The Labute approximate surface area is 841 Å². The number of hydrogen-bond donors (Lipinski definition) is 4. The number of benzene rings is 8. The molecule has 0 heterocycles. The fraction of sp³-hybridized carbons (Fsp3) is 0.468. The van der Waals surface area contributed by atoms with Crippen molar-refractivity contribution >= 4 is 47.8 Å². The molecular formula is C124H170O16. The Kier molecular flexibility index (Phi) is 76.5. The van der Waals surface area contributed by atoms with Gasteiger partial charge >= 0.3 is 47.8 Å². The maximum Gasteiger partial charge on any atom is 0.306 e. The first-order valence-corrected chi connectivity index (χ1v) is 52.6. The average Bonchev–Trinajstić information content (AvgIpc) is 0.868. The summed E-state index contributed by atoms with van der Waals surface area (Å²) in [6.07, 6.45) is 68.9. The van der Waals surface area contributed by atoms with Crippen LogP contribution in [0.1, 0.15) is 331 Å². The van der Waals surface area contributed by atoms with Crippen LogP contribution < -0.4 is 0 Å². The lowest BCUT2D eigenvalue weighted by molar-refractivity contribution is -0.144. The monoisotopic (exact) mass is 1920 g/mol. The van der Waals surface area contributed by atoms with Crippen molar-refractivity contribution in [1.29, 1.82) is 0 Å². The molecule has 140 heavy (non-hydrogen) atoms. The number of ether oxygens (including phenoxy) is 4. The van der Waals surface area contributed by atoms with E-state index in [9.17, 15) is 38.4 Å². The van der Waals surface area contributed by atoms with Gasteiger partial charge in [0.1, 0.15) is 0 Å². The lowest BCUT2D eigenvalue weighted by Crippen LogP contribution is -2.05. The van der Waals surface area contributed by atoms with Gasteiger partial charge in [0, 0.05) is 51.4 Å². The molecule has 0 aromatic heterocycles. The van der Waals surface area contributed by atoms with Crippen LogP contribution in [0, 0.1) is 11.8 Å². The zero-order valence-electron chi connectivity index (χ0n) is 85.3. The molecule has 0 spiro atoms. The van der Waals surface area contributed by atoms with Gasteiger partial charge in [-0.1, -0.05) is 394 Å². The van der Waals surface area contributed by atoms with Crippen LogP contribution in [0.5, 0.6) is 0 Å². The van der Waals surface area contributed by atoms with Crippen molar-refractivity contribution in [3.63, 3.8) is 0 Å². The number of carboxylic acids is 4. The number of esters is 4. The molecular weight excluding hydrogens is 1750 g/mol. The molecule has 2 saturated carbocycles. The van der Waals surface area contributed by atoms with E-state index in [1.807, 2.05) is 107 Å². The minimum absolute atomic E-state index is 0.0597. The summed E-state index contributed by atoms with van der Waals surface area (Å²) in [7, 11) is 0. The third-order valence-electron chi connectivity index (χ3n) is 23.7. The van der Waals surface area contributed by atoms with Crippen molar-refractivity contribution in [3.05, 3.63) is 325 Å². The predicted molar refractivity (Wildman–Crippen MR) is 575 cm³/mol. The average molecular weight is 1920 g/mol. The summed E-state index contributed by atoms with van der Waals surface area (Å²) < 4.78 is 19.5. The molecule has 762 valence electrons. The van der Waals surface area contributed by atoms with Crippen molar-refractivity contribution < 1.29 is 77.7 Å². The van der Waals surface area contributed by atoms with E-state index in [4.69, 9.17) is 39.4 Å². The summed E-state index contributed by atoms with van der Waals surface area (Å²) in [6, 6.07) is 79.8. The van der Waals surface area contributed by atoms with E-state index < -0.39 is 23.9 Å². The third kappa shape index (κ3) is 73.4. The molecule has 0 aliphatic heterocycles. The molecule has 16 heteroatoms. The second kappa shape index (κ2) is 87.5. The maximum absolute atomic E-state index is 11.2. The highest BCUT2D eigenvalue weighted by Crippen LogP contribution is 2.30. The Hall–Kier alpha value is -11.8. The lowest BCUT2D eigenvalue weighted by atomic mass is 9.86. The van der Waals surface area contributed by atoms with E-state index in [0.29, 0.717) is 77.8 Å². The van der Waals surface area contributed by atoms with Crippen molar-refractivity contribution in [1.82, 2.24) is 0 Å². The van der Waals surface area contributed by atoms with Gasteiger partial charge in [0.2, 0.25) is 0 Å². The molecule has 2 aliphatic rings. The zero-order valence-corrected chi connectivity index (χ0v) is 85.3. The molecule has 0 bridgehead atoms. The third-order valence-corrected chi connectivity index (χ3v) is 23.7. The Morgan fingerprint density at radius 3 is 0.707 bits per heavy atom. The van der Waals surface area contributed by atoms with Crippen LogP contribution >= 0.6 is 0 Å². The fourth-order valence-corrected chi connectivity index (χ4v) is 15.9. The van der Waals surface area contributed by atoms with Gasteiger partial charge in [-0.3, -0.25) is 38.4 Å². The molecule has 0 saturated heterocycles. The number of hydrogen-bond acceptors (Lipinski definition) is 12. The fourth-order valence-electron chi connectivity index (χ4n) is 15.9. The Morgan fingerprint density at radius 1 is 0.221 bits per heavy atom. The highest BCUT2D eigenvalue weighted by Gasteiger charge is 2.14. The number of aryl methyl sites for hydroxylation is 6. The Balaban J connectivity index is 0.000000413. The first-order valence-electron chi connectivity index (χ1n) is 52.6. The number of carbonyl (C=O) groups excluding carboxylic acids is 4. The molecule has 0 amide bonds. The molecule has 8 aromatic carbocycles. The van der Waals surface area contributed by atoms with Gasteiger partial charge in [-0.15, -0.1) is 0 Å². The number of unbranched alkanes of at least 4 members (excludes halogenated alkanes) is 9. The summed E-state index contributed by atoms with van der Waals surface area (Å²) >= 11 is 0.